The zero-order chi connectivity index (χ0) is 24.0. The lowest BCUT2D eigenvalue weighted by Gasteiger charge is -2.31. The molecule has 0 atom stereocenters. The van der Waals surface area contributed by atoms with E-state index in [0.29, 0.717) is 35.3 Å². The van der Waals surface area contributed by atoms with Gasteiger partial charge in [-0.1, -0.05) is 23.7 Å². The number of carbonyl (C=O) groups is 2. The van der Waals surface area contributed by atoms with Crippen molar-refractivity contribution < 1.29 is 18.0 Å². The van der Waals surface area contributed by atoms with E-state index in [9.17, 15) is 22.8 Å². The van der Waals surface area contributed by atoms with Crippen LogP contribution in [0.1, 0.15) is 45.7 Å². The summed E-state index contributed by atoms with van der Waals surface area (Å²) in [7, 11) is -3.18. The molecule has 1 fully saturated rings. The van der Waals surface area contributed by atoms with Crippen LogP contribution in [0.4, 0.5) is 0 Å². The van der Waals surface area contributed by atoms with Crippen molar-refractivity contribution in [1.29, 1.82) is 0 Å². The molecule has 1 N–H and O–H groups in total. The third kappa shape index (κ3) is 4.74. The first-order valence-corrected chi connectivity index (χ1v) is 13.5. The first-order valence-electron chi connectivity index (χ1n) is 10.5. The van der Waals surface area contributed by atoms with Crippen LogP contribution in [0.15, 0.2) is 39.6 Å². The van der Waals surface area contributed by atoms with Crippen molar-refractivity contribution in [3.63, 3.8) is 0 Å². The van der Waals surface area contributed by atoms with E-state index in [1.807, 2.05) is 0 Å². The van der Waals surface area contributed by atoms with E-state index >= 15 is 0 Å². The molecule has 1 aliphatic heterocycles. The summed E-state index contributed by atoms with van der Waals surface area (Å²) in [6.07, 6.45) is 2.85. The average molecular weight is 557 g/mol. The maximum atomic E-state index is 13.1. The number of amides is 2. The van der Waals surface area contributed by atoms with Gasteiger partial charge in [-0.25, -0.2) is 8.42 Å². The molecular formula is C22H23BrClN3O5S. The summed E-state index contributed by atoms with van der Waals surface area (Å²) in [6.45, 7) is 1.02. The van der Waals surface area contributed by atoms with Gasteiger partial charge in [-0.15, -0.1) is 0 Å². The van der Waals surface area contributed by atoms with Crippen molar-refractivity contribution in [2.75, 3.05) is 19.3 Å². The van der Waals surface area contributed by atoms with Gasteiger partial charge in [-0.3, -0.25) is 14.4 Å². The number of benzene rings is 1. The second kappa shape index (κ2) is 8.88. The molecule has 0 saturated heterocycles. The number of rotatable bonds is 7. The second-order valence-electron chi connectivity index (χ2n) is 8.52. The van der Waals surface area contributed by atoms with Crippen molar-refractivity contribution in [2.24, 2.45) is 0 Å². The van der Waals surface area contributed by atoms with Crippen LogP contribution in [-0.4, -0.2) is 53.8 Å². The highest BCUT2D eigenvalue weighted by Gasteiger charge is 2.51. The van der Waals surface area contributed by atoms with Gasteiger partial charge in [0.15, 0.2) is 9.84 Å². The molecule has 4 rings (SSSR count). The minimum atomic E-state index is -3.18. The predicted molar refractivity (Wildman–Crippen MR) is 128 cm³/mol. The molecule has 0 bridgehead atoms. The molecule has 8 nitrogen and oxygen atoms in total. The first-order chi connectivity index (χ1) is 15.5. The molecule has 2 amide bonds. The molecule has 0 spiro atoms. The lowest BCUT2D eigenvalue weighted by atomic mass is 10.1. The van der Waals surface area contributed by atoms with Crippen molar-refractivity contribution in [1.82, 2.24) is 14.8 Å². The topological polar surface area (TPSA) is 106 Å². The number of nitrogens with one attached hydrogen (secondary N) is 1. The molecule has 1 aliphatic carbocycles. The quantitative estimate of drug-likeness (QED) is 0.564. The third-order valence-electron chi connectivity index (χ3n) is 6.37. The molecule has 176 valence electrons. The van der Waals surface area contributed by atoms with Crippen LogP contribution in [0.2, 0.25) is 5.02 Å². The van der Waals surface area contributed by atoms with Crippen LogP contribution < -0.4 is 10.9 Å². The van der Waals surface area contributed by atoms with E-state index in [2.05, 4.69) is 21.2 Å². The Morgan fingerprint density at radius 2 is 1.85 bits per heavy atom. The molecule has 2 aliphatic rings. The average Bonchev–Trinajstić information content (AvgIpc) is 3.56. The van der Waals surface area contributed by atoms with Crippen LogP contribution in [0.5, 0.6) is 0 Å². The summed E-state index contributed by atoms with van der Waals surface area (Å²) in [5, 5.41) is 3.31. The van der Waals surface area contributed by atoms with E-state index in [4.69, 9.17) is 11.6 Å². The second-order valence-corrected chi connectivity index (χ2v) is 12.2. The fraction of sp³-hybridized carbons (Fsp3) is 0.409. The Kier molecular flexibility index (Phi) is 6.45. The molecule has 1 saturated carbocycles. The first kappa shape index (κ1) is 24.0. The molecule has 2 aromatic rings. The van der Waals surface area contributed by atoms with Crippen LogP contribution in [0.25, 0.3) is 0 Å². The van der Waals surface area contributed by atoms with Gasteiger partial charge >= 0.3 is 0 Å². The van der Waals surface area contributed by atoms with E-state index in [-0.39, 0.29) is 36.8 Å². The minimum absolute atomic E-state index is 0.0603. The fourth-order valence-electron chi connectivity index (χ4n) is 4.08. The summed E-state index contributed by atoms with van der Waals surface area (Å²) in [4.78, 5) is 40.3. The van der Waals surface area contributed by atoms with Gasteiger partial charge < -0.3 is 14.8 Å². The number of hydrogen-bond acceptors (Lipinski definition) is 5. The lowest BCUT2D eigenvalue weighted by Crippen LogP contribution is -2.47. The van der Waals surface area contributed by atoms with Gasteiger partial charge in [-0.05, 0) is 59.0 Å². The number of nitrogens with zero attached hydrogens (tertiary/aromatic N) is 2. The Hall–Kier alpha value is -2.17. The highest BCUT2D eigenvalue weighted by Crippen LogP contribution is 2.46. The standard InChI is InChI=1S/C22H23BrClN3O5S/c1-33(31,32)22(6-7-22)8-9-26-10-11-27-18(21(26)30)17(23)12-16(20(27)29)19(28)25-13-14-2-4-15(24)5-3-14/h2-5,12H,6-11,13H2,1H3,(H,25,28). The van der Waals surface area contributed by atoms with Crippen LogP contribution in [0.3, 0.4) is 0 Å². The molecule has 0 unspecified atom stereocenters. The number of pyridine rings is 1. The third-order valence-corrected chi connectivity index (χ3v) is 9.41. The molecule has 1 aromatic carbocycles. The maximum Gasteiger partial charge on any atom is 0.271 e. The van der Waals surface area contributed by atoms with Gasteiger partial charge in [0.1, 0.15) is 11.3 Å². The Morgan fingerprint density at radius 3 is 2.45 bits per heavy atom. The molecule has 2 heterocycles. The Bertz CT molecular complexity index is 1290. The number of fused-ring (bicyclic) bond motifs is 1. The van der Waals surface area contributed by atoms with Crippen molar-refractivity contribution in [3.05, 3.63) is 67.0 Å². The van der Waals surface area contributed by atoms with E-state index in [1.54, 1.807) is 29.2 Å². The number of hydrogen-bond donors (Lipinski definition) is 1. The lowest BCUT2D eigenvalue weighted by molar-refractivity contribution is 0.0693. The molecular weight excluding hydrogens is 534 g/mol. The number of carbonyl (C=O) groups excluding carboxylic acids is 2. The number of halogens is 2. The zero-order valence-electron chi connectivity index (χ0n) is 17.9. The molecule has 11 heteroatoms. The van der Waals surface area contributed by atoms with Crippen LogP contribution in [0, 0.1) is 0 Å². The summed E-state index contributed by atoms with van der Waals surface area (Å²) >= 11 is 9.21. The number of aromatic nitrogens is 1. The monoisotopic (exact) mass is 555 g/mol. The van der Waals surface area contributed by atoms with E-state index < -0.39 is 26.1 Å². The van der Waals surface area contributed by atoms with E-state index in [1.165, 1.54) is 16.9 Å². The van der Waals surface area contributed by atoms with E-state index in [0.717, 1.165) is 5.56 Å². The van der Waals surface area contributed by atoms with Crippen molar-refractivity contribution >= 4 is 49.2 Å². The van der Waals surface area contributed by atoms with Crippen molar-refractivity contribution in [2.45, 2.75) is 37.1 Å². The summed E-state index contributed by atoms with van der Waals surface area (Å²) in [5.41, 5.74) is 0.405. The largest absolute Gasteiger partial charge is 0.348 e. The van der Waals surface area contributed by atoms with Gasteiger partial charge in [0.05, 0.1) is 4.75 Å². The highest BCUT2D eigenvalue weighted by atomic mass is 79.9. The Morgan fingerprint density at radius 1 is 1.18 bits per heavy atom. The van der Waals surface area contributed by atoms with Gasteiger partial charge in [0, 0.05) is 41.9 Å². The number of sulfone groups is 1. The van der Waals surface area contributed by atoms with Gasteiger partial charge in [0.25, 0.3) is 17.4 Å². The molecule has 0 radical (unpaired) electrons. The SMILES string of the molecule is CS(=O)(=O)C1(CCN2CCn3c(c(Br)cc(C(=O)NCc4ccc(Cl)cc4)c3=O)C2=O)CC1. The molecule has 1 aromatic heterocycles. The Labute approximate surface area is 205 Å². The summed E-state index contributed by atoms with van der Waals surface area (Å²) < 4.78 is 25.0. The van der Waals surface area contributed by atoms with Crippen LogP contribution in [-0.2, 0) is 22.9 Å². The smallest absolute Gasteiger partial charge is 0.271 e. The Balaban J connectivity index is 1.50. The normalized spacial score (nSPS) is 16.9. The van der Waals surface area contributed by atoms with Gasteiger partial charge in [-0.2, -0.15) is 0 Å². The van der Waals surface area contributed by atoms with Crippen LogP contribution >= 0.6 is 27.5 Å². The van der Waals surface area contributed by atoms with Gasteiger partial charge in [0.2, 0.25) is 0 Å². The van der Waals surface area contributed by atoms with Crippen molar-refractivity contribution in [3.8, 4) is 0 Å². The fourth-order valence-corrected chi connectivity index (χ4v) is 6.12. The minimum Gasteiger partial charge on any atom is -0.348 e. The zero-order valence-corrected chi connectivity index (χ0v) is 21.1. The molecule has 33 heavy (non-hydrogen) atoms. The summed E-state index contributed by atoms with van der Waals surface area (Å²) in [5.74, 6) is -0.896. The predicted octanol–water partition coefficient (Wildman–Crippen LogP) is 2.62. The summed E-state index contributed by atoms with van der Waals surface area (Å²) in [6, 6.07) is 8.35. The highest BCUT2D eigenvalue weighted by molar-refractivity contribution is 9.10. The maximum absolute atomic E-state index is 13.1.